The molecule has 76 valence electrons. The number of benzene rings is 1. The van der Waals surface area contributed by atoms with Crippen LogP contribution in [0.25, 0.3) is 0 Å². The molecule has 1 rings (SSSR count). The third-order valence-corrected chi connectivity index (χ3v) is 2.29. The summed E-state index contributed by atoms with van der Waals surface area (Å²) in [5.74, 6) is 0.334. The first-order chi connectivity index (χ1) is 6.54. The number of nitro benzene ring substituents is 1. The average molecular weight is 193 g/mol. The average Bonchev–Trinajstić information content (AvgIpc) is 2.16. The van der Waals surface area contributed by atoms with E-state index in [1.54, 1.807) is 12.1 Å². The van der Waals surface area contributed by atoms with E-state index in [9.17, 15) is 10.1 Å². The predicted octanol–water partition coefficient (Wildman–Crippen LogP) is 3.28. The Morgan fingerprint density at radius 1 is 1.36 bits per heavy atom. The van der Waals surface area contributed by atoms with E-state index < -0.39 is 0 Å². The van der Waals surface area contributed by atoms with Crippen LogP contribution in [-0.2, 0) is 6.42 Å². The Morgan fingerprint density at radius 2 is 2.00 bits per heavy atom. The van der Waals surface area contributed by atoms with Gasteiger partial charge in [-0.2, -0.15) is 0 Å². The number of nitro groups is 1. The molecule has 3 heteroatoms. The fraction of sp³-hybridized carbons (Fsp3) is 0.455. The molecule has 0 spiro atoms. The molecule has 1 aromatic carbocycles. The molecule has 1 aromatic rings. The van der Waals surface area contributed by atoms with Gasteiger partial charge < -0.3 is 0 Å². The lowest BCUT2D eigenvalue weighted by Gasteiger charge is -2.07. The molecular weight excluding hydrogens is 178 g/mol. The zero-order chi connectivity index (χ0) is 10.7. The van der Waals surface area contributed by atoms with Gasteiger partial charge in [0.1, 0.15) is 0 Å². The maximum atomic E-state index is 10.6. The molecule has 3 nitrogen and oxygen atoms in total. The summed E-state index contributed by atoms with van der Waals surface area (Å²) in [5.41, 5.74) is 2.27. The van der Waals surface area contributed by atoms with Gasteiger partial charge in [0, 0.05) is 12.1 Å². The van der Waals surface area contributed by atoms with Crippen LogP contribution in [0.5, 0.6) is 0 Å². The molecule has 14 heavy (non-hydrogen) atoms. The van der Waals surface area contributed by atoms with Gasteiger partial charge in [-0.15, -0.1) is 0 Å². The summed E-state index contributed by atoms with van der Waals surface area (Å²) < 4.78 is 0. The minimum absolute atomic E-state index is 0.202. The molecule has 0 saturated heterocycles. The van der Waals surface area contributed by atoms with Crippen molar-refractivity contribution in [3.05, 3.63) is 39.4 Å². The maximum Gasteiger partial charge on any atom is 0.269 e. The van der Waals surface area contributed by atoms with E-state index in [4.69, 9.17) is 0 Å². The van der Waals surface area contributed by atoms with Gasteiger partial charge in [0.2, 0.25) is 0 Å². The van der Waals surface area contributed by atoms with Crippen LogP contribution in [0.3, 0.4) is 0 Å². The van der Waals surface area contributed by atoms with E-state index >= 15 is 0 Å². The van der Waals surface area contributed by atoms with E-state index in [0.29, 0.717) is 5.92 Å². The van der Waals surface area contributed by atoms with Gasteiger partial charge in [0.15, 0.2) is 0 Å². The Bertz CT molecular complexity index is 345. The van der Waals surface area contributed by atoms with Crippen LogP contribution in [0.15, 0.2) is 18.2 Å². The second-order valence-corrected chi connectivity index (χ2v) is 3.70. The smallest absolute Gasteiger partial charge is 0.258 e. The fourth-order valence-electron chi connectivity index (χ4n) is 1.34. The van der Waals surface area contributed by atoms with Crippen LogP contribution in [-0.4, -0.2) is 4.92 Å². The van der Waals surface area contributed by atoms with Crippen molar-refractivity contribution in [2.24, 2.45) is 0 Å². The number of hydrogen-bond donors (Lipinski definition) is 0. The van der Waals surface area contributed by atoms with Gasteiger partial charge in [-0.05, 0) is 23.5 Å². The van der Waals surface area contributed by atoms with Crippen molar-refractivity contribution < 1.29 is 4.92 Å². The predicted molar refractivity (Wildman–Crippen MR) is 56.6 cm³/mol. The molecule has 0 heterocycles. The molecule has 0 bridgehead atoms. The summed E-state index contributed by atoms with van der Waals surface area (Å²) in [6, 6.07) is 5.34. The molecule has 0 aliphatic heterocycles. The quantitative estimate of drug-likeness (QED) is 0.546. The van der Waals surface area contributed by atoms with Crippen molar-refractivity contribution in [2.75, 3.05) is 0 Å². The molecule has 0 aliphatic rings. The van der Waals surface area contributed by atoms with Crippen LogP contribution in [0.4, 0.5) is 5.69 Å². The van der Waals surface area contributed by atoms with Crippen LogP contribution in [0, 0.1) is 10.1 Å². The van der Waals surface area contributed by atoms with Crippen molar-refractivity contribution in [3.63, 3.8) is 0 Å². The molecule has 0 aliphatic carbocycles. The van der Waals surface area contributed by atoms with Gasteiger partial charge in [0.05, 0.1) is 4.92 Å². The minimum atomic E-state index is -0.328. The van der Waals surface area contributed by atoms with Crippen molar-refractivity contribution in [3.8, 4) is 0 Å². The molecule has 0 unspecified atom stereocenters. The van der Waals surface area contributed by atoms with Crippen LogP contribution >= 0.6 is 0 Å². The highest BCUT2D eigenvalue weighted by Crippen LogP contribution is 2.23. The first kappa shape index (κ1) is 10.7. The molecule has 0 amide bonds. The molecule has 0 aromatic heterocycles. The number of hydrogen-bond acceptors (Lipinski definition) is 2. The van der Waals surface area contributed by atoms with Crippen LogP contribution < -0.4 is 0 Å². The second kappa shape index (κ2) is 4.22. The monoisotopic (exact) mass is 193 g/mol. The van der Waals surface area contributed by atoms with Gasteiger partial charge in [-0.1, -0.05) is 26.8 Å². The maximum absolute atomic E-state index is 10.6. The normalized spacial score (nSPS) is 10.6. The molecule has 0 atom stereocenters. The lowest BCUT2D eigenvalue weighted by Crippen LogP contribution is -1.95. The Hall–Kier alpha value is -1.38. The van der Waals surface area contributed by atoms with E-state index in [0.717, 1.165) is 17.5 Å². The van der Waals surface area contributed by atoms with Crippen LogP contribution in [0.1, 0.15) is 37.8 Å². The fourth-order valence-corrected chi connectivity index (χ4v) is 1.34. The van der Waals surface area contributed by atoms with Crippen molar-refractivity contribution in [1.29, 1.82) is 0 Å². The standard InChI is InChI=1S/C11H15NO2/c1-4-9-5-10(8(2)3)7-11(6-9)12(13)14/h5-8H,4H2,1-3H3. The van der Waals surface area contributed by atoms with Crippen molar-refractivity contribution >= 4 is 5.69 Å². The highest BCUT2D eigenvalue weighted by Gasteiger charge is 2.10. The number of nitrogens with zero attached hydrogens (tertiary/aromatic N) is 1. The highest BCUT2D eigenvalue weighted by atomic mass is 16.6. The van der Waals surface area contributed by atoms with E-state index in [-0.39, 0.29) is 10.6 Å². The zero-order valence-electron chi connectivity index (χ0n) is 8.78. The Balaban J connectivity index is 3.20. The summed E-state index contributed by atoms with van der Waals surface area (Å²) in [5, 5.41) is 10.6. The molecule has 0 radical (unpaired) electrons. The first-order valence-electron chi connectivity index (χ1n) is 4.82. The highest BCUT2D eigenvalue weighted by molar-refractivity contribution is 5.40. The second-order valence-electron chi connectivity index (χ2n) is 3.70. The van der Waals surface area contributed by atoms with Gasteiger partial charge >= 0.3 is 0 Å². The number of non-ortho nitro benzene ring substituents is 1. The first-order valence-corrected chi connectivity index (χ1v) is 4.82. The van der Waals surface area contributed by atoms with Gasteiger partial charge in [0.25, 0.3) is 5.69 Å². The summed E-state index contributed by atoms with van der Waals surface area (Å²) in [4.78, 5) is 10.3. The Kier molecular flexibility index (Phi) is 3.23. The van der Waals surface area contributed by atoms with Crippen LogP contribution in [0.2, 0.25) is 0 Å². The molecule has 0 N–H and O–H groups in total. The van der Waals surface area contributed by atoms with E-state index in [1.165, 1.54) is 0 Å². The summed E-state index contributed by atoms with van der Waals surface area (Å²) >= 11 is 0. The van der Waals surface area contributed by atoms with Crippen molar-refractivity contribution in [1.82, 2.24) is 0 Å². The van der Waals surface area contributed by atoms with Gasteiger partial charge in [-0.25, -0.2) is 0 Å². The minimum Gasteiger partial charge on any atom is -0.258 e. The van der Waals surface area contributed by atoms with E-state index in [1.807, 2.05) is 26.8 Å². The molecular formula is C11H15NO2. The Labute approximate surface area is 83.9 Å². The zero-order valence-corrected chi connectivity index (χ0v) is 8.78. The molecule has 0 saturated carbocycles. The van der Waals surface area contributed by atoms with Crippen molar-refractivity contribution in [2.45, 2.75) is 33.1 Å². The third kappa shape index (κ3) is 2.31. The summed E-state index contributed by atoms with van der Waals surface area (Å²) in [6.45, 7) is 6.08. The SMILES string of the molecule is CCc1cc(C(C)C)cc([N+](=O)[O-])c1. The summed E-state index contributed by atoms with van der Waals surface area (Å²) in [7, 11) is 0. The summed E-state index contributed by atoms with van der Waals surface area (Å²) in [6.07, 6.45) is 0.835. The number of aryl methyl sites for hydroxylation is 1. The molecule has 0 fully saturated rings. The number of rotatable bonds is 3. The third-order valence-electron chi connectivity index (χ3n) is 2.29. The van der Waals surface area contributed by atoms with Gasteiger partial charge in [-0.3, -0.25) is 10.1 Å². The topological polar surface area (TPSA) is 43.1 Å². The Morgan fingerprint density at radius 3 is 2.43 bits per heavy atom. The largest absolute Gasteiger partial charge is 0.269 e. The lowest BCUT2D eigenvalue weighted by atomic mass is 9.99. The lowest BCUT2D eigenvalue weighted by molar-refractivity contribution is -0.385. The van der Waals surface area contributed by atoms with E-state index in [2.05, 4.69) is 0 Å².